The monoisotopic (exact) mass is 678 g/mol. The molecule has 0 unspecified atom stereocenters. The van der Waals surface area contributed by atoms with Gasteiger partial charge in [0.1, 0.15) is 11.2 Å². The normalized spacial score (nSPS) is 11.4. The molecule has 0 aliphatic heterocycles. The molecule has 0 aliphatic carbocycles. The zero-order valence-electron chi connectivity index (χ0n) is 28.9. The minimum absolute atomic E-state index is 0.824. The number of furan rings is 1. The van der Waals surface area contributed by atoms with Gasteiger partial charge >= 0.3 is 0 Å². The van der Waals surface area contributed by atoms with Gasteiger partial charge in [-0.3, -0.25) is 0 Å². The maximum absolute atomic E-state index is 7.00. The second kappa shape index (κ2) is 12.9. The van der Waals surface area contributed by atoms with Gasteiger partial charge in [-0.1, -0.05) is 140 Å². The molecule has 0 fully saturated rings. The van der Waals surface area contributed by atoms with Crippen LogP contribution < -0.4 is 9.80 Å². The van der Waals surface area contributed by atoms with E-state index >= 15 is 0 Å². The first kappa shape index (κ1) is 30.7. The van der Waals surface area contributed by atoms with Crippen molar-refractivity contribution < 1.29 is 4.42 Å². The van der Waals surface area contributed by atoms with Crippen LogP contribution in [0.25, 0.3) is 54.6 Å². The van der Waals surface area contributed by atoms with E-state index < -0.39 is 0 Å². The molecule has 0 N–H and O–H groups in total. The van der Waals surface area contributed by atoms with Gasteiger partial charge in [-0.2, -0.15) is 0 Å². The molecule has 0 atom stereocenters. The van der Waals surface area contributed by atoms with E-state index in [0.717, 1.165) is 78.0 Å². The van der Waals surface area contributed by atoms with E-state index in [4.69, 9.17) is 4.42 Å². The standard InChI is InChI=1S/C50H34N2O/c1-4-19-39(20-5-1)51(40-21-6-2-7-22-40)42-33-47(49-45-31-30-36-17-12-13-26-44(36)50(45)53-48(49)34-42)52(41-23-8-3-9-24-41)46-27-15-14-25-43(46)38-29-28-35-16-10-11-18-37(35)32-38/h1-34H. The Kier molecular flexibility index (Phi) is 7.47. The van der Waals surface area contributed by atoms with Crippen LogP contribution in [0.4, 0.5) is 34.1 Å². The minimum atomic E-state index is 0.824. The van der Waals surface area contributed by atoms with E-state index in [1.165, 1.54) is 10.8 Å². The Morgan fingerprint density at radius 1 is 0.340 bits per heavy atom. The Bertz CT molecular complexity index is 2860. The Morgan fingerprint density at radius 3 is 1.62 bits per heavy atom. The maximum atomic E-state index is 7.00. The van der Waals surface area contributed by atoms with Crippen LogP contribution in [0.15, 0.2) is 211 Å². The third-order valence-corrected chi connectivity index (χ3v) is 10.2. The van der Waals surface area contributed by atoms with Crippen LogP contribution in [0.2, 0.25) is 0 Å². The summed E-state index contributed by atoms with van der Waals surface area (Å²) in [6, 6.07) is 73.3. The van der Waals surface area contributed by atoms with Gasteiger partial charge in [0, 0.05) is 39.5 Å². The van der Waals surface area contributed by atoms with Crippen molar-refractivity contribution in [2.24, 2.45) is 0 Å². The molecule has 0 spiro atoms. The average Bonchev–Trinajstić information content (AvgIpc) is 3.62. The lowest BCUT2D eigenvalue weighted by Gasteiger charge is -2.31. The van der Waals surface area contributed by atoms with Gasteiger partial charge in [0.05, 0.1) is 22.4 Å². The highest BCUT2D eigenvalue weighted by Crippen LogP contribution is 2.50. The third-order valence-electron chi connectivity index (χ3n) is 10.2. The van der Waals surface area contributed by atoms with Crippen molar-refractivity contribution in [3.05, 3.63) is 206 Å². The Balaban J connectivity index is 1.31. The first-order chi connectivity index (χ1) is 26.3. The van der Waals surface area contributed by atoms with Crippen molar-refractivity contribution in [2.75, 3.05) is 9.80 Å². The number of nitrogens with zero attached hydrogens (tertiary/aromatic N) is 2. The van der Waals surface area contributed by atoms with Crippen LogP contribution in [0.1, 0.15) is 0 Å². The maximum Gasteiger partial charge on any atom is 0.143 e. The fourth-order valence-corrected chi connectivity index (χ4v) is 7.76. The van der Waals surface area contributed by atoms with Gasteiger partial charge in [-0.15, -0.1) is 0 Å². The van der Waals surface area contributed by atoms with E-state index in [1.807, 2.05) is 0 Å². The third kappa shape index (κ3) is 5.38. The number of anilines is 6. The summed E-state index contributed by atoms with van der Waals surface area (Å²) in [5.74, 6) is 0. The van der Waals surface area contributed by atoms with Gasteiger partial charge in [0.2, 0.25) is 0 Å². The highest BCUT2D eigenvalue weighted by Gasteiger charge is 2.25. The second-order valence-corrected chi connectivity index (χ2v) is 13.4. The van der Waals surface area contributed by atoms with Crippen molar-refractivity contribution in [3.8, 4) is 11.1 Å². The predicted molar refractivity (Wildman–Crippen MR) is 224 cm³/mol. The summed E-state index contributed by atoms with van der Waals surface area (Å²) >= 11 is 0. The number of para-hydroxylation sites is 4. The van der Waals surface area contributed by atoms with Crippen LogP contribution in [-0.2, 0) is 0 Å². The molecule has 1 heterocycles. The molecule has 0 bridgehead atoms. The summed E-state index contributed by atoms with van der Waals surface area (Å²) in [4.78, 5) is 4.72. The highest BCUT2D eigenvalue weighted by molar-refractivity contribution is 6.20. The molecule has 9 aromatic carbocycles. The number of hydrogen-bond donors (Lipinski definition) is 0. The molecule has 0 saturated heterocycles. The van der Waals surface area contributed by atoms with Gasteiger partial charge in [0.25, 0.3) is 0 Å². The lowest BCUT2D eigenvalue weighted by molar-refractivity contribution is 0.673. The zero-order chi connectivity index (χ0) is 35.1. The average molecular weight is 679 g/mol. The minimum Gasteiger partial charge on any atom is -0.455 e. The molecular formula is C50H34N2O. The van der Waals surface area contributed by atoms with Crippen LogP contribution in [0, 0.1) is 0 Å². The highest BCUT2D eigenvalue weighted by atomic mass is 16.3. The second-order valence-electron chi connectivity index (χ2n) is 13.4. The first-order valence-corrected chi connectivity index (χ1v) is 18.0. The smallest absolute Gasteiger partial charge is 0.143 e. The molecule has 53 heavy (non-hydrogen) atoms. The summed E-state index contributed by atoms with van der Waals surface area (Å²) in [5.41, 5.74) is 10.3. The van der Waals surface area contributed by atoms with Gasteiger partial charge in [-0.05, 0) is 82.4 Å². The van der Waals surface area contributed by atoms with Crippen molar-refractivity contribution in [3.63, 3.8) is 0 Å². The molecule has 0 amide bonds. The summed E-state index contributed by atoms with van der Waals surface area (Å²) < 4.78 is 7.00. The predicted octanol–water partition coefficient (Wildman–Crippen LogP) is 14.5. The molecule has 3 nitrogen and oxygen atoms in total. The van der Waals surface area contributed by atoms with E-state index in [-0.39, 0.29) is 0 Å². The molecule has 0 radical (unpaired) electrons. The Hall–Kier alpha value is -7.10. The number of fused-ring (bicyclic) bond motifs is 6. The summed E-state index contributed by atoms with van der Waals surface area (Å²) in [6.07, 6.45) is 0. The molecule has 1 aromatic heterocycles. The van der Waals surface area contributed by atoms with Crippen LogP contribution in [-0.4, -0.2) is 0 Å². The van der Waals surface area contributed by atoms with Gasteiger partial charge in [-0.25, -0.2) is 0 Å². The molecule has 10 rings (SSSR count). The molecule has 0 saturated carbocycles. The SMILES string of the molecule is c1ccc(N(c2ccccc2)c2cc(N(c3ccccc3)c3ccccc3-c3ccc4ccccc4c3)c3c(c2)oc2c4ccccc4ccc23)cc1. The quantitative estimate of drug-likeness (QED) is 0.167. The van der Waals surface area contributed by atoms with E-state index in [9.17, 15) is 0 Å². The zero-order valence-corrected chi connectivity index (χ0v) is 28.9. The number of rotatable bonds is 7. The van der Waals surface area contributed by atoms with E-state index in [1.54, 1.807) is 0 Å². The fourth-order valence-electron chi connectivity index (χ4n) is 7.76. The summed E-state index contributed by atoms with van der Waals surface area (Å²) in [6.45, 7) is 0. The fraction of sp³-hybridized carbons (Fsp3) is 0. The van der Waals surface area contributed by atoms with Crippen LogP contribution >= 0.6 is 0 Å². The van der Waals surface area contributed by atoms with Crippen molar-refractivity contribution >= 4 is 77.6 Å². The van der Waals surface area contributed by atoms with Crippen LogP contribution in [0.3, 0.4) is 0 Å². The lowest BCUT2D eigenvalue weighted by Crippen LogP contribution is -2.14. The summed E-state index contributed by atoms with van der Waals surface area (Å²) in [5, 5.41) is 6.83. The van der Waals surface area contributed by atoms with E-state index in [2.05, 4.69) is 216 Å². The number of benzene rings is 9. The van der Waals surface area contributed by atoms with Crippen molar-refractivity contribution in [1.29, 1.82) is 0 Å². The van der Waals surface area contributed by atoms with E-state index in [0.29, 0.717) is 0 Å². The van der Waals surface area contributed by atoms with Crippen molar-refractivity contribution in [1.82, 2.24) is 0 Å². The van der Waals surface area contributed by atoms with Crippen molar-refractivity contribution in [2.45, 2.75) is 0 Å². The molecule has 3 heteroatoms. The Labute approximate surface area is 308 Å². The molecule has 250 valence electrons. The molecule has 0 aliphatic rings. The van der Waals surface area contributed by atoms with Crippen LogP contribution in [0.5, 0.6) is 0 Å². The Morgan fingerprint density at radius 2 is 0.906 bits per heavy atom. The van der Waals surface area contributed by atoms with Gasteiger partial charge < -0.3 is 14.2 Å². The largest absolute Gasteiger partial charge is 0.455 e. The molecule has 10 aromatic rings. The van der Waals surface area contributed by atoms with Gasteiger partial charge in [0.15, 0.2) is 0 Å². The summed E-state index contributed by atoms with van der Waals surface area (Å²) in [7, 11) is 0. The topological polar surface area (TPSA) is 19.6 Å². The lowest BCUT2D eigenvalue weighted by atomic mass is 9.98. The first-order valence-electron chi connectivity index (χ1n) is 18.0. The number of hydrogen-bond acceptors (Lipinski definition) is 3. The molecular weight excluding hydrogens is 645 g/mol.